The summed E-state index contributed by atoms with van der Waals surface area (Å²) in [7, 11) is 0. The van der Waals surface area contributed by atoms with Crippen LogP contribution in [0, 0.1) is 10.1 Å². The number of amides is 2. The number of thiocarbonyl (C=S) groups is 1. The van der Waals surface area contributed by atoms with Gasteiger partial charge in [-0.25, -0.2) is 4.79 Å². The van der Waals surface area contributed by atoms with E-state index in [-0.39, 0.29) is 27.0 Å². The SMILES string of the molecule is O=C(CN1C(=O)/C(=C/c2cccc([N+](=O)[O-])c2)SC1=S)Nc1ccc(C(=O)O)cc1. The molecule has 9 nitrogen and oxygen atoms in total. The maximum Gasteiger partial charge on any atom is 0.335 e. The molecule has 0 bridgehead atoms. The molecule has 2 amide bonds. The highest BCUT2D eigenvalue weighted by Crippen LogP contribution is 2.32. The van der Waals surface area contributed by atoms with Crippen LogP contribution in [0.5, 0.6) is 0 Å². The third kappa shape index (κ3) is 4.88. The fraction of sp³-hybridized carbons (Fsp3) is 0.0526. The zero-order valence-corrected chi connectivity index (χ0v) is 16.7. The summed E-state index contributed by atoms with van der Waals surface area (Å²) in [6.45, 7) is -0.322. The molecule has 152 valence electrons. The first-order valence-electron chi connectivity index (χ1n) is 8.37. The highest BCUT2D eigenvalue weighted by atomic mass is 32.2. The minimum atomic E-state index is -1.08. The number of non-ortho nitro benzene ring substituents is 1. The van der Waals surface area contributed by atoms with E-state index in [1.807, 2.05) is 0 Å². The first-order valence-corrected chi connectivity index (χ1v) is 9.60. The van der Waals surface area contributed by atoms with Gasteiger partial charge in [-0.3, -0.25) is 24.6 Å². The first kappa shape index (κ1) is 21.1. The minimum Gasteiger partial charge on any atom is -0.478 e. The first-order chi connectivity index (χ1) is 14.2. The second-order valence-electron chi connectivity index (χ2n) is 6.05. The van der Waals surface area contributed by atoms with Gasteiger partial charge in [0.25, 0.3) is 11.6 Å². The Morgan fingerprint density at radius 2 is 1.93 bits per heavy atom. The fourth-order valence-electron chi connectivity index (χ4n) is 2.56. The van der Waals surface area contributed by atoms with Gasteiger partial charge in [0.15, 0.2) is 0 Å². The Balaban J connectivity index is 1.68. The third-order valence-corrected chi connectivity index (χ3v) is 5.35. The molecule has 1 fully saturated rings. The quantitative estimate of drug-likeness (QED) is 0.301. The maximum atomic E-state index is 12.6. The predicted octanol–water partition coefficient (Wildman–Crippen LogP) is 3.13. The monoisotopic (exact) mass is 443 g/mol. The third-order valence-electron chi connectivity index (χ3n) is 3.97. The topological polar surface area (TPSA) is 130 Å². The van der Waals surface area contributed by atoms with Crippen molar-refractivity contribution < 1.29 is 24.4 Å². The molecule has 0 unspecified atom stereocenters. The van der Waals surface area contributed by atoms with Crippen LogP contribution in [0.1, 0.15) is 15.9 Å². The van der Waals surface area contributed by atoms with Crippen molar-refractivity contribution in [2.45, 2.75) is 0 Å². The number of carboxylic acid groups (broad SMARTS) is 1. The lowest BCUT2D eigenvalue weighted by Gasteiger charge is -2.14. The summed E-state index contributed by atoms with van der Waals surface area (Å²) in [5, 5.41) is 22.4. The normalized spacial score (nSPS) is 14.8. The number of hydrogen-bond acceptors (Lipinski definition) is 7. The van der Waals surface area contributed by atoms with E-state index in [9.17, 15) is 24.5 Å². The molecule has 0 radical (unpaired) electrons. The van der Waals surface area contributed by atoms with Gasteiger partial charge in [-0.2, -0.15) is 0 Å². The highest BCUT2D eigenvalue weighted by molar-refractivity contribution is 8.26. The molecule has 11 heteroatoms. The van der Waals surface area contributed by atoms with Crippen molar-refractivity contribution in [2.24, 2.45) is 0 Å². The van der Waals surface area contributed by atoms with Crippen LogP contribution in [0.3, 0.4) is 0 Å². The second kappa shape index (κ2) is 8.84. The van der Waals surface area contributed by atoms with Crippen molar-refractivity contribution in [3.05, 3.63) is 74.7 Å². The molecule has 1 aliphatic rings. The van der Waals surface area contributed by atoms with E-state index in [0.29, 0.717) is 11.3 Å². The van der Waals surface area contributed by atoms with Crippen molar-refractivity contribution in [2.75, 3.05) is 11.9 Å². The Morgan fingerprint density at radius 3 is 2.57 bits per heavy atom. The number of aromatic carboxylic acids is 1. The molecule has 0 spiro atoms. The lowest BCUT2D eigenvalue weighted by molar-refractivity contribution is -0.384. The van der Waals surface area contributed by atoms with Crippen molar-refractivity contribution in [3.8, 4) is 0 Å². The Kier molecular flexibility index (Phi) is 6.23. The molecule has 3 rings (SSSR count). The average molecular weight is 443 g/mol. The van der Waals surface area contributed by atoms with Crippen LogP contribution < -0.4 is 5.32 Å². The van der Waals surface area contributed by atoms with Crippen LogP contribution in [-0.4, -0.2) is 43.6 Å². The van der Waals surface area contributed by atoms with Crippen LogP contribution in [0.15, 0.2) is 53.4 Å². The number of rotatable bonds is 6. The number of nitrogens with one attached hydrogen (secondary N) is 1. The van der Waals surface area contributed by atoms with E-state index in [1.165, 1.54) is 48.5 Å². The minimum absolute atomic E-state index is 0.0798. The van der Waals surface area contributed by atoms with Gasteiger partial charge in [-0.15, -0.1) is 0 Å². The fourth-order valence-corrected chi connectivity index (χ4v) is 3.81. The summed E-state index contributed by atoms with van der Waals surface area (Å²) in [4.78, 5) is 47.5. The van der Waals surface area contributed by atoms with Gasteiger partial charge in [-0.1, -0.05) is 36.1 Å². The zero-order chi connectivity index (χ0) is 21.8. The number of carbonyl (C=O) groups excluding carboxylic acids is 2. The molecule has 2 aromatic rings. The molecular weight excluding hydrogens is 430 g/mol. The molecule has 0 atom stereocenters. The number of carboxylic acids is 1. The van der Waals surface area contributed by atoms with Crippen molar-refractivity contribution in [1.29, 1.82) is 0 Å². The summed E-state index contributed by atoms with van der Waals surface area (Å²) >= 11 is 6.18. The smallest absolute Gasteiger partial charge is 0.335 e. The average Bonchev–Trinajstić information content (AvgIpc) is 2.96. The Labute approximate surface area is 179 Å². The van der Waals surface area contributed by atoms with Crippen molar-refractivity contribution in [3.63, 3.8) is 0 Å². The molecule has 1 heterocycles. The summed E-state index contributed by atoms with van der Waals surface area (Å²) in [5.41, 5.74) is 0.819. The molecule has 2 N–H and O–H groups in total. The van der Waals surface area contributed by atoms with E-state index in [2.05, 4.69) is 5.32 Å². The molecule has 1 aliphatic heterocycles. The van der Waals surface area contributed by atoms with Gasteiger partial charge in [0.05, 0.1) is 15.4 Å². The lowest BCUT2D eigenvalue weighted by Crippen LogP contribution is -2.36. The Bertz CT molecular complexity index is 1100. The van der Waals surface area contributed by atoms with E-state index in [0.717, 1.165) is 16.7 Å². The largest absolute Gasteiger partial charge is 0.478 e. The maximum absolute atomic E-state index is 12.6. The standard InChI is InChI=1S/C19H13N3O6S2/c23-16(20-13-6-4-12(5-7-13)18(25)26)10-21-17(24)15(30-19(21)29)9-11-2-1-3-14(8-11)22(27)28/h1-9H,10H2,(H,20,23)(H,25,26)/b15-9-. The lowest BCUT2D eigenvalue weighted by atomic mass is 10.2. The Hall–Kier alpha value is -3.57. The Morgan fingerprint density at radius 1 is 1.23 bits per heavy atom. The van der Waals surface area contributed by atoms with Crippen LogP contribution >= 0.6 is 24.0 Å². The number of anilines is 1. The summed E-state index contributed by atoms with van der Waals surface area (Å²) < 4.78 is 0.188. The van der Waals surface area contributed by atoms with E-state index in [1.54, 1.807) is 6.07 Å². The van der Waals surface area contributed by atoms with Crippen LogP contribution in [0.2, 0.25) is 0 Å². The number of nitrogens with zero attached hydrogens (tertiary/aromatic N) is 2. The van der Waals surface area contributed by atoms with Gasteiger partial charge < -0.3 is 10.4 Å². The van der Waals surface area contributed by atoms with E-state index < -0.39 is 22.7 Å². The number of hydrogen-bond donors (Lipinski definition) is 2. The van der Waals surface area contributed by atoms with Crippen molar-refractivity contribution in [1.82, 2.24) is 4.90 Å². The number of carbonyl (C=O) groups is 3. The molecule has 1 saturated heterocycles. The number of thioether (sulfide) groups is 1. The summed E-state index contributed by atoms with van der Waals surface area (Å²) in [6, 6.07) is 11.4. The number of benzene rings is 2. The number of nitro benzene ring substituents is 1. The van der Waals surface area contributed by atoms with E-state index >= 15 is 0 Å². The molecule has 2 aromatic carbocycles. The highest BCUT2D eigenvalue weighted by Gasteiger charge is 2.33. The molecule has 0 aliphatic carbocycles. The molecule has 30 heavy (non-hydrogen) atoms. The van der Waals surface area contributed by atoms with Crippen LogP contribution in [0.4, 0.5) is 11.4 Å². The van der Waals surface area contributed by atoms with Crippen molar-refractivity contribution >= 4 is 63.5 Å². The van der Waals surface area contributed by atoms with Gasteiger partial charge in [0.2, 0.25) is 5.91 Å². The van der Waals surface area contributed by atoms with Gasteiger partial charge in [-0.05, 0) is 35.9 Å². The van der Waals surface area contributed by atoms with Gasteiger partial charge in [0, 0.05) is 17.8 Å². The number of nitro groups is 1. The second-order valence-corrected chi connectivity index (χ2v) is 7.73. The summed E-state index contributed by atoms with van der Waals surface area (Å²) in [6.07, 6.45) is 1.48. The summed E-state index contributed by atoms with van der Waals surface area (Å²) in [5.74, 6) is -2.07. The zero-order valence-electron chi connectivity index (χ0n) is 15.1. The molecule has 0 saturated carbocycles. The van der Waals surface area contributed by atoms with Crippen LogP contribution in [-0.2, 0) is 9.59 Å². The van der Waals surface area contributed by atoms with Gasteiger partial charge >= 0.3 is 5.97 Å². The molecular formula is C19H13N3O6S2. The van der Waals surface area contributed by atoms with Crippen LogP contribution in [0.25, 0.3) is 6.08 Å². The predicted molar refractivity (Wildman–Crippen MR) is 115 cm³/mol. The van der Waals surface area contributed by atoms with E-state index in [4.69, 9.17) is 17.3 Å². The molecule has 0 aromatic heterocycles. The van der Waals surface area contributed by atoms with Gasteiger partial charge in [0.1, 0.15) is 10.9 Å².